The lowest BCUT2D eigenvalue weighted by Crippen LogP contribution is -2.36. The Labute approximate surface area is 129 Å². The molecule has 6 heteroatoms. The van der Waals surface area contributed by atoms with Crippen molar-refractivity contribution in [3.8, 4) is 22.8 Å². The SMILES string of the molecule is COc1ccc(-c2cc(N3CCOCC3)ncn2)c(OC)c1. The second-order valence-corrected chi connectivity index (χ2v) is 4.93. The molecule has 2 heterocycles. The predicted octanol–water partition coefficient (Wildman–Crippen LogP) is 2.00. The molecule has 0 bridgehead atoms. The lowest BCUT2D eigenvalue weighted by molar-refractivity contribution is 0.122. The Kier molecular flexibility index (Phi) is 4.39. The fraction of sp³-hybridized carbons (Fsp3) is 0.375. The molecule has 0 amide bonds. The van der Waals surface area contributed by atoms with Crippen LogP contribution in [-0.4, -0.2) is 50.5 Å². The maximum Gasteiger partial charge on any atom is 0.132 e. The summed E-state index contributed by atoms with van der Waals surface area (Å²) in [4.78, 5) is 10.9. The zero-order valence-corrected chi connectivity index (χ0v) is 12.8. The third-order valence-corrected chi connectivity index (χ3v) is 3.67. The van der Waals surface area contributed by atoms with Crippen molar-refractivity contribution in [1.29, 1.82) is 0 Å². The minimum absolute atomic E-state index is 0.727. The van der Waals surface area contributed by atoms with Crippen LogP contribution in [-0.2, 0) is 4.74 Å². The average Bonchev–Trinajstić information content (AvgIpc) is 2.62. The zero-order valence-electron chi connectivity index (χ0n) is 12.8. The van der Waals surface area contributed by atoms with Gasteiger partial charge in [-0.15, -0.1) is 0 Å². The Morgan fingerprint density at radius 2 is 1.86 bits per heavy atom. The summed E-state index contributed by atoms with van der Waals surface area (Å²) in [6, 6.07) is 7.68. The Hall–Kier alpha value is -2.34. The molecule has 1 aromatic carbocycles. The van der Waals surface area contributed by atoms with E-state index in [2.05, 4.69) is 14.9 Å². The number of hydrogen-bond acceptors (Lipinski definition) is 6. The topological polar surface area (TPSA) is 56.7 Å². The van der Waals surface area contributed by atoms with Crippen LogP contribution in [0.15, 0.2) is 30.6 Å². The molecule has 22 heavy (non-hydrogen) atoms. The van der Waals surface area contributed by atoms with Gasteiger partial charge >= 0.3 is 0 Å². The van der Waals surface area contributed by atoms with E-state index in [0.717, 1.165) is 54.9 Å². The van der Waals surface area contributed by atoms with Gasteiger partial charge in [0.05, 0.1) is 33.1 Å². The molecule has 0 radical (unpaired) electrons. The molecule has 1 fully saturated rings. The molecule has 0 spiro atoms. The van der Waals surface area contributed by atoms with E-state index in [1.165, 1.54) is 0 Å². The summed E-state index contributed by atoms with van der Waals surface area (Å²) in [5, 5.41) is 0. The second kappa shape index (κ2) is 6.62. The van der Waals surface area contributed by atoms with Gasteiger partial charge in [0.1, 0.15) is 23.6 Å². The van der Waals surface area contributed by atoms with E-state index in [0.29, 0.717) is 0 Å². The van der Waals surface area contributed by atoms with Crippen LogP contribution in [0.1, 0.15) is 0 Å². The summed E-state index contributed by atoms with van der Waals surface area (Å²) in [5.74, 6) is 2.39. The molecule has 1 aromatic heterocycles. The Balaban J connectivity index is 1.94. The minimum atomic E-state index is 0.727. The fourth-order valence-corrected chi connectivity index (χ4v) is 2.47. The number of ether oxygens (including phenoxy) is 3. The van der Waals surface area contributed by atoms with Gasteiger partial charge in [0.25, 0.3) is 0 Å². The number of methoxy groups -OCH3 is 2. The maximum absolute atomic E-state index is 5.45. The van der Waals surface area contributed by atoms with Crippen LogP contribution in [0, 0.1) is 0 Å². The number of aromatic nitrogens is 2. The molecule has 0 aliphatic carbocycles. The van der Waals surface area contributed by atoms with E-state index in [9.17, 15) is 0 Å². The van der Waals surface area contributed by atoms with Crippen molar-refractivity contribution >= 4 is 5.82 Å². The van der Waals surface area contributed by atoms with E-state index in [-0.39, 0.29) is 0 Å². The first-order valence-corrected chi connectivity index (χ1v) is 7.19. The number of anilines is 1. The average molecular weight is 301 g/mol. The number of rotatable bonds is 4. The van der Waals surface area contributed by atoms with Crippen LogP contribution in [0.2, 0.25) is 0 Å². The standard InChI is InChI=1S/C16H19N3O3/c1-20-12-3-4-13(15(9-12)21-2)14-10-16(18-11-17-14)19-5-7-22-8-6-19/h3-4,9-11H,5-8H2,1-2H3. The summed E-state index contributed by atoms with van der Waals surface area (Å²) < 4.78 is 16.1. The van der Waals surface area contributed by atoms with Gasteiger partial charge in [-0.1, -0.05) is 0 Å². The zero-order chi connectivity index (χ0) is 15.4. The van der Waals surface area contributed by atoms with Crippen LogP contribution in [0.4, 0.5) is 5.82 Å². The molecule has 116 valence electrons. The molecule has 1 aliphatic heterocycles. The molecular weight excluding hydrogens is 282 g/mol. The summed E-state index contributed by atoms with van der Waals surface area (Å²) in [6.07, 6.45) is 1.59. The highest BCUT2D eigenvalue weighted by molar-refractivity contribution is 5.70. The molecule has 1 saturated heterocycles. The van der Waals surface area contributed by atoms with Gasteiger partial charge in [0, 0.05) is 30.8 Å². The van der Waals surface area contributed by atoms with Crippen molar-refractivity contribution in [3.05, 3.63) is 30.6 Å². The minimum Gasteiger partial charge on any atom is -0.497 e. The number of benzene rings is 1. The monoisotopic (exact) mass is 301 g/mol. The van der Waals surface area contributed by atoms with Gasteiger partial charge in [-0.3, -0.25) is 0 Å². The lowest BCUT2D eigenvalue weighted by atomic mass is 10.1. The van der Waals surface area contributed by atoms with Gasteiger partial charge in [-0.25, -0.2) is 9.97 Å². The number of morpholine rings is 1. The highest BCUT2D eigenvalue weighted by Gasteiger charge is 2.15. The highest BCUT2D eigenvalue weighted by Crippen LogP contribution is 2.33. The first kappa shape index (κ1) is 14.6. The van der Waals surface area contributed by atoms with Crippen LogP contribution < -0.4 is 14.4 Å². The van der Waals surface area contributed by atoms with Crippen molar-refractivity contribution in [3.63, 3.8) is 0 Å². The van der Waals surface area contributed by atoms with Gasteiger partial charge < -0.3 is 19.1 Å². The lowest BCUT2D eigenvalue weighted by Gasteiger charge is -2.27. The molecule has 3 rings (SSSR count). The second-order valence-electron chi connectivity index (χ2n) is 4.93. The fourth-order valence-electron chi connectivity index (χ4n) is 2.47. The van der Waals surface area contributed by atoms with Gasteiger partial charge in [-0.05, 0) is 12.1 Å². The van der Waals surface area contributed by atoms with Crippen LogP contribution in [0.25, 0.3) is 11.3 Å². The molecule has 0 unspecified atom stereocenters. The molecule has 1 aliphatic rings. The van der Waals surface area contributed by atoms with Crippen LogP contribution >= 0.6 is 0 Å². The van der Waals surface area contributed by atoms with Crippen LogP contribution in [0.5, 0.6) is 11.5 Å². The third kappa shape index (κ3) is 2.96. The Morgan fingerprint density at radius 3 is 2.59 bits per heavy atom. The summed E-state index contributed by atoms with van der Waals surface area (Å²) >= 11 is 0. The molecule has 0 N–H and O–H groups in total. The van der Waals surface area contributed by atoms with Gasteiger partial charge in [0.15, 0.2) is 0 Å². The van der Waals surface area contributed by atoms with Crippen molar-refractivity contribution in [2.24, 2.45) is 0 Å². The van der Waals surface area contributed by atoms with Gasteiger partial charge in [0.2, 0.25) is 0 Å². The Morgan fingerprint density at radius 1 is 1.05 bits per heavy atom. The van der Waals surface area contributed by atoms with Crippen molar-refractivity contribution in [2.75, 3.05) is 45.4 Å². The summed E-state index contributed by atoms with van der Waals surface area (Å²) in [6.45, 7) is 3.14. The van der Waals surface area contributed by atoms with E-state index >= 15 is 0 Å². The van der Waals surface area contributed by atoms with Crippen molar-refractivity contribution in [1.82, 2.24) is 9.97 Å². The molecule has 0 saturated carbocycles. The molecule has 6 nitrogen and oxygen atoms in total. The maximum atomic E-state index is 5.45. The smallest absolute Gasteiger partial charge is 0.132 e. The van der Waals surface area contributed by atoms with E-state index in [4.69, 9.17) is 14.2 Å². The summed E-state index contributed by atoms with van der Waals surface area (Å²) in [5.41, 5.74) is 1.75. The highest BCUT2D eigenvalue weighted by atomic mass is 16.5. The molecular formula is C16H19N3O3. The van der Waals surface area contributed by atoms with Crippen molar-refractivity contribution in [2.45, 2.75) is 0 Å². The largest absolute Gasteiger partial charge is 0.497 e. The normalized spacial score (nSPS) is 14.7. The van der Waals surface area contributed by atoms with E-state index in [1.54, 1.807) is 20.5 Å². The number of hydrogen-bond donors (Lipinski definition) is 0. The first-order chi connectivity index (χ1) is 10.8. The Bertz CT molecular complexity index is 642. The van der Waals surface area contributed by atoms with E-state index < -0.39 is 0 Å². The number of nitrogens with zero attached hydrogens (tertiary/aromatic N) is 3. The molecule has 2 aromatic rings. The van der Waals surface area contributed by atoms with Crippen LogP contribution in [0.3, 0.4) is 0 Å². The first-order valence-electron chi connectivity index (χ1n) is 7.19. The van der Waals surface area contributed by atoms with Gasteiger partial charge in [-0.2, -0.15) is 0 Å². The summed E-state index contributed by atoms with van der Waals surface area (Å²) in [7, 11) is 3.28. The predicted molar refractivity (Wildman–Crippen MR) is 83.6 cm³/mol. The molecule has 0 atom stereocenters. The van der Waals surface area contributed by atoms with Crippen molar-refractivity contribution < 1.29 is 14.2 Å². The van der Waals surface area contributed by atoms with E-state index in [1.807, 2.05) is 24.3 Å². The third-order valence-electron chi connectivity index (χ3n) is 3.67. The quantitative estimate of drug-likeness (QED) is 0.861.